The van der Waals surface area contributed by atoms with Crippen LogP contribution in [-0.4, -0.2) is 8.42 Å². The van der Waals surface area contributed by atoms with Crippen LogP contribution in [0.5, 0.6) is 5.75 Å². The predicted molar refractivity (Wildman–Crippen MR) is 85.9 cm³/mol. The van der Waals surface area contributed by atoms with Crippen LogP contribution in [0.25, 0.3) is 10.1 Å². The van der Waals surface area contributed by atoms with Gasteiger partial charge in [-0.15, -0.1) is 11.3 Å². The molecular formula is C15H19NO3S2. The smallest absolute Gasteiger partial charge is 0.371 e. The van der Waals surface area contributed by atoms with Gasteiger partial charge in [0.05, 0.1) is 0 Å². The number of thiophene rings is 1. The Hall–Kier alpha value is -1.11. The summed E-state index contributed by atoms with van der Waals surface area (Å²) in [4.78, 5) is 0. The van der Waals surface area contributed by atoms with Crippen LogP contribution in [0.2, 0.25) is 0 Å². The molecule has 0 bridgehead atoms. The lowest BCUT2D eigenvalue weighted by atomic mass is 9.78. The van der Waals surface area contributed by atoms with Crippen molar-refractivity contribution in [3.63, 3.8) is 0 Å². The quantitative estimate of drug-likeness (QED) is 0.933. The SMILES string of the molecule is CC1(C)CCCC1c1csc2cc(OS(N)(=O)=O)ccc12. The number of hydrogen-bond acceptors (Lipinski definition) is 4. The van der Waals surface area contributed by atoms with Crippen molar-refractivity contribution in [3.05, 3.63) is 29.1 Å². The van der Waals surface area contributed by atoms with Crippen LogP contribution in [0, 0.1) is 5.41 Å². The molecule has 3 rings (SSSR count). The van der Waals surface area contributed by atoms with Gasteiger partial charge in [0.1, 0.15) is 5.75 Å². The van der Waals surface area contributed by atoms with Crippen LogP contribution < -0.4 is 9.32 Å². The molecule has 0 saturated heterocycles. The molecule has 0 radical (unpaired) electrons. The highest BCUT2D eigenvalue weighted by Gasteiger charge is 2.36. The monoisotopic (exact) mass is 325 g/mol. The van der Waals surface area contributed by atoms with Crippen molar-refractivity contribution in [2.45, 2.75) is 39.0 Å². The number of rotatable bonds is 3. The molecule has 1 atom stereocenters. The van der Waals surface area contributed by atoms with E-state index in [9.17, 15) is 8.42 Å². The second-order valence-corrected chi connectivity index (χ2v) is 8.42. The Morgan fingerprint density at radius 1 is 1.38 bits per heavy atom. The molecule has 1 saturated carbocycles. The zero-order valence-corrected chi connectivity index (χ0v) is 13.8. The minimum atomic E-state index is -3.97. The van der Waals surface area contributed by atoms with Crippen LogP contribution in [0.1, 0.15) is 44.6 Å². The van der Waals surface area contributed by atoms with E-state index in [0.717, 1.165) is 4.70 Å². The fraction of sp³-hybridized carbons (Fsp3) is 0.467. The maximum Gasteiger partial charge on any atom is 0.380 e. The fourth-order valence-electron chi connectivity index (χ4n) is 3.39. The summed E-state index contributed by atoms with van der Waals surface area (Å²) in [5.74, 6) is 0.834. The third kappa shape index (κ3) is 2.93. The van der Waals surface area contributed by atoms with Gasteiger partial charge in [0.15, 0.2) is 0 Å². The summed E-state index contributed by atoms with van der Waals surface area (Å²) in [6.45, 7) is 4.65. The second-order valence-electron chi connectivity index (χ2n) is 6.36. The molecule has 1 aliphatic carbocycles. The highest BCUT2D eigenvalue weighted by molar-refractivity contribution is 7.84. The van der Waals surface area contributed by atoms with Gasteiger partial charge in [0, 0.05) is 4.70 Å². The van der Waals surface area contributed by atoms with E-state index < -0.39 is 10.3 Å². The molecule has 1 aromatic carbocycles. The average Bonchev–Trinajstić information content (AvgIpc) is 2.89. The maximum absolute atomic E-state index is 11.0. The lowest BCUT2D eigenvalue weighted by Crippen LogP contribution is -2.18. The first-order chi connectivity index (χ1) is 9.76. The zero-order chi connectivity index (χ0) is 15.3. The Bertz CT molecular complexity index is 777. The van der Waals surface area contributed by atoms with E-state index in [1.807, 2.05) is 6.07 Å². The van der Waals surface area contributed by atoms with Crippen molar-refractivity contribution in [1.82, 2.24) is 0 Å². The van der Waals surface area contributed by atoms with E-state index in [0.29, 0.717) is 11.3 Å². The van der Waals surface area contributed by atoms with Crippen molar-refractivity contribution in [1.29, 1.82) is 0 Å². The number of benzene rings is 1. The summed E-state index contributed by atoms with van der Waals surface area (Å²) >= 11 is 1.63. The highest BCUT2D eigenvalue weighted by atomic mass is 32.2. The van der Waals surface area contributed by atoms with Crippen LogP contribution in [-0.2, 0) is 10.3 Å². The zero-order valence-electron chi connectivity index (χ0n) is 12.1. The van der Waals surface area contributed by atoms with Crippen molar-refractivity contribution in [2.75, 3.05) is 0 Å². The molecule has 0 aliphatic heterocycles. The largest absolute Gasteiger partial charge is 0.380 e. The average molecular weight is 325 g/mol. The summed E-state index contributed by atoms with van der Waals surface area (Å²) in [5, 5.41) is 8.30. The summed E-state index contributed by atoms with van der Waals surface area (Å²) in [7, 11) is -3.97. The van der Waals surface area contributed by atoms with E-state index in [1.165, 1.54) is 30.2 Å². The first-order valence-corrected chi connectivity index (χ1v) is 9.35. The lowest BCUT2D eigenvalue weighted by Gasteiger charge is -2.26. The van der Waals surface area contributed by atoms with Crippen molar-refractivity contribution in [3.8, 4) is 5.75 Å². The minimum absolute atomic E-state index is 0.268. The molecular weight excluding hydrogens is 306 g/mol. The number of hydrogen-bond donors (Lipinski definition) is 1. The normalized spacial score (nSPS) is 21.8. The van der Waals surface area contributed by atoms with Gasteiger partial charge in [-0.3, -0.25) is 0 Å². The summed E-state index contributed by atoms with van der Waals surface area (Å²) in [6, 6.07) is 5.36. The standard InChI is InChI=1S/C15H19NO3S2/c1-15(2)7-3-4-13(15)12-9-20-14-8-10(5-6-11(12)14)19-21(16,17)18/h5-6,8-9,13H,3-4,7H2,1-2H3,(H2,16,17,18). The van der Waals surface area contributed by atoms with Gasteiger partial charge >= 0.3 is 10.3 Å². The van der Waals surface area contributed by atoms with Gasteiger partial charge in [-0.2, -0.15) is 13.6 Å². The molecule has 6 heteroatoms. The Kier molecular flexibility index (Phi) is 3.50. The van der Waals surface area contributed by atoms with Gasteiger partial charge in [0.2, 0.25) is 0 Å². The first-order valence-electron chi connectivity index (χ1n) is 7.00. The van der Waals surface area contributed by atoms with Crippen LogP contribution in [0.4, 0.5) is 0 Å². The van der Waals surface area contributed by atoms with E-state index >= 15 is 0 Å². The van der Waals surface area contributed by atoms with Crippen molar-refractivity contribution >= 4 is 31.7 Å². The van der Waals surface area contributed by atoms with Gasteiger partial charge in [-0.25, -0.2) is 0 Å². The third-order valence-electron chi connectivity index (χ3n) is 4.42. The lowest BCUT2D eigenvalue weighted by molar-refractivity contribution is 0.334. The van der Waals surface area contributed by atoms with Gasteiger partial charge in [-0.05, 0) is 58.7 Å². The maximum atomic E-state index is 11.0. The van der Waals surface area contributed by atoms with Crippen LogP contribution in [0.3, 0.4) is 0 Å². The van der Waals surface area contributed by atoms with Gasteiger partial charge in [-0.1, -0.05) is 20.3 Å². The van der Waals surface area contributed by atoms with Gasteiger partial charge < -0.3 is 4.18 Å². The molecule has 1 aliphatic rings. The Morgan fingerprint density at radius 2 is 2.14 bits per heavy atom. The molecule has 4 nitrogen and oxygen atoms in total. The van der Waals surface area contributed by atoms with E-state index in [4.69, 9.17) is 9.32 Å². The molecule has 2 N–H and O–H groups in total. The predicted octanol–water partition coefficient (Wildman–Crippen LogP) is 3.78. The number of nitrogens with two attached hydrogens (primary N) is 1. The van der Waals surface area contributed by atoms with Crippen LogP contribution >= 0.6 is 11.3 Å². The number of fused-ring (bicyclic) bond motifs is 1. The third-order valence-corrected chi connectivity index (χ3v) is 5.81. The highest BCUT2D eigenvalue weighted by Crippen LogP contribution is 2.51. The van der Waals surface area contributed by atoms with E-state index in [1.54, 1.807) is 23.5 Å². The van der Waals surface area contributed by atoms with Gasteiger partial charge in [0.25, 0.3) is 0 Å². The van der Waals surface area contributed by atoms with Crippen molar-refractivity contribution in [2.24, 2.45) is 10.6 Å². The molecule has 21 heavy (non-hydrogen) atoms. The Balaban J connectivity index is 2.00. The molecule has 114 valence electrons. The molecule has 2 aromatic rings. The van der Waals surface area contributed by atoms with Crippen LogP contribution in [0.15, 0.2) is 23.6 Å². The second kappa shape index (κ2) is 4.97. The topological polar surface area (TPSA) is 69.4 Å². The summed E-state index contributed by atoms with van der Waals surface area (Å²) < 4.78 is 27.8. The summed E-state index contributed by atoms with van der Waals surface area (Å²) in [5.41, 5.74) is 1.70. The molecule has 1 fully saturated rings. The summed E-state index contributed by atoms with van der Waals surface area (Å²) in [6.07, 6.45) is 3.73. The van der Waals surface area contributed by atoms with E-state index in [2.05, 4.69) is 19.2 Å². The van der Waals surface area contributed by atoms with Crippen molar-refractivity contribution < 1.29 is 12.6 Å². The molecule has 0 amide bonds. The minimum Gasteiger partial charge on any atom is -0.371 e. The van der Waals surface area contributed by atoms with E-state index in [-0.39, 0.29) is 5.75 Å². The molecule has 1 heterocycles. The molecule has 0 spiro atoms. The Morgan fingerprint density at radius 3 is 2.76 bits per heavy atom. The molecule has 1 aromatic heterocycles. The first kappa shape index (κ1) is 14.8. The Labute approximate surface area is 129 Å². The fourth-order valence-corrected chi connectivity index (χ4v) is 4.80. The molecule has 1 unspecified atom stereocenters.